The lowest BCUT2D eigenvalue weighted by Gasteiger charge is -2.21. The fraction of sp³-hybridized carbons (Fsp3) is 0.946. The van der Waals surface area contributed by atoms with E-state index in [0.717, 1.165) is 102 Å². The van der Waals surface area contributed by atoms with E-state index >= 15 is 0 Å². The van der Waals surface area contributed by atoms with Crippen LogP contribution < -0.4 is 0 Å². The summed E-state index contributed by atoms with van der Waals surface area (Å²) in [5.41, 5.74) is 0. The zero-order chi connectivity index (χ0) is 68.7. The van der Waals surface area contributed by atoms with Crippen LogP contribution >= 0.6 is 15.6 Å². The maximum Gasteiger partial charge on any atom is 0.472 e. The van der Waals surface area contributed by atoms with Crippen LogP contribution in [0, 0.1) is 17.8 Å². The van der Waals surface area contributed by atoms with Crippen molar-refractivity contribution in [1.29, 1.82) is 0 Å². The second-order valence-electron chi connectivity index (χ2n) is 27.9. The van der Waals surface area contributed by atoms with E-state index in [1.807, 2.05) is 0 Å². The van der Waals surface area contributed by atoms with Crippen molar-refractivity contribution in [3.8, 4) is 0 Å². The third kappa shape index (κ3) is 67.0. The lowest BCUT2D eigenvalue weighted by molar-refractivity contribution is -0.161. The summed E-state index contributed by atoms with van der Waals surface area (Å²) in [5.74, 6) is 0.201. The van der Waals surface area contributed by atoms with Crippen LogP contribution in [0.1, 0.15) is 376 Å². The number of carbonyl (C=O) groups excluding carboxylic acids is 4. The molecule has 0 aromatic carbocycles. The van der Waals surface area contributed by atoms with E-state index in [0.29, 0.717) is 31.6 Å². The van der Waals surface area contributed by atoms with Gasteiger partial charge in [0.15, 0.2) is 12.2 Å². The predicted octanol–water partition coefficient (Wildman–Crippen LogP) is 21.4. The van der Waals surface area contributed by atoms with Gasteiger partial charge in [0.1, 0.15) is 19.3 Å². The highest BCUT2D eigenvalue weighted by molar-refractivity contribution is 7.47. The van der Waals surface area contributed by atoms with Crippen LogP contribution in [-0.4, -0.2) is 96.7 Å². The first-order valence-corrected chi connectivity index (χ1v) is 41.4. The third-order valence-electron chi connectivity index (χ3n) is 17.5. The Labute approximate surface area is 568 Å². The largest absolute Gasteiger partial charge is 0.472 e. The van der Waals surface area contributed by atoms with E-state index in [1.54, 1.807) is 0 Å². The Morgan fingerprint density at radius 3 is 0.817 bits per heavy atom. The highest BCUT2D eigenvalue weighted by Gasteiger charge is 2.30. The van der Waals surface area contributed by atoms with Crippen LogP contribution in [0.5, 0.6) is 0 Å². The normalized spacial score (nSPS) is 14.4. The monoisotopic (exact) mass is 1370 g/mol. The molecule has 93 heavy (non-hydrogen) atoms. The van der Waals surface area contributed by atoms with Crippen molar-refractivity contribution in [2.24, 2.45) is 17.8 Å². The molecule has 0 rings (SSSR count). The molecule has 0 spiro atoms. The average Bonchev–Trinajstić information content (AvgIpc) is 3.73. The number of hydrogen-bond acceptors (Lipinski definition) is 15. The summed E-state index contributed by atoms with van der Waals surface area (Å²) in [6.45, 7) is 11.9. The Hall–Kier alpha value is -1.94. The SMILES string of the molecule is CCCCCCCCCCCCC(=O)OC[C@H](COP(=O)(O)OC[C@H](O)COP(=O)(O)OC[C@@H](COC(=O)CCCCCCCCCCCCCCC(C)C)OC(=O)CCCCCCCCCCCCCCCCC(C)CC)OC(=O)CCCCCCCCCC(C)C. The van der Waals surface area contributed by atoms with Crippen molar-refractivity contribution in [2.45, 2.75) is 394 Å². The minimum atomic E-state index is -4.96. The van der Waals surface area contributed by atoms with E-state index in [1.165, 1.54) is 186 Å². The molecule has 552 valence electrons. The zero-order valence-electron chi connectivity index (χ0n) is 60.7. The van der Waals surface area contributed by atoms with Gasteiger partial charge in [-0.25, -0.2) is 9.13 Å². The lowest BCUT2D eigenvalue weighted by Crippen LogP contribution is -2.30. The number of hydrogen-bond donors (Lipinski definition) is 3. The Kier molecular flexibility index (Phi) is 63.4. The maximum absolute atomic E-state index is 13.1. The first kappa shape index (κ1) is 91.1. The second kappa shape index (κ2) is 64.7. The third-order valence-corrected chi connectivity index (χ3v) is 19.4. The molecular formula is C74H144O17P2. The summed E-state index contributed by atoms with van der Waals surface area (Å²) in [4.78, 5) is 72.7. The van der Waals surface area contributed by atoms with Crippen LogP contribution in [0.2, 0.25) is 0 Å². The molecule has 0 bridgehead atoms. The fourth-order valence-electron chi connectivity index (χ4n) is 11.2. The molecule has 0 amide bonds. The minimum Gasteiger partial charge on any atom is -0.462 e. The molecule has 0 saturated carbocycles. The first-order chi connectivity index (χ1) is 44.8. The molecule has 0 aromatic rings. The molecule has 0 aliphatic heterocycles. The number of rotatable bonds is 72. The van der Waals surface area contributed by atoms with Crippen LogP contribution in [0.4, 0.5) is 0 Å². The van der Waals surface area contributed by atoms with E-state index in [2.05, 4.69) is 48.5 Å². The van der Waals surface area contributed by atoms with Crippen molar-refractivity contribution in [3.05, 3.63) is 0 Å². The smallest absolute Gasteiger partial charge is 0.462 e. The van der Waals surface area contributed by atoms with Crippen LogP contribution in [0.15, 0.2) is 0 Å². The minimum absolute atomic E-state index is 0.103. The Balaban J connectivity index is 5.23. The van der Waals surface area contributed by atoms with Gasteiger partial charge in [0.2, 0.25) is 0 Å². The number of aliphatic hydroxyl groups is 1. The van der Waals surface area contributed by atoms with Gasteiger partial charge in [0.05, 0.1) is 26.4 Å². The molecule has 0 heterocycles. The zero-order valence-corrected chi connectivity index (χ0v) is 62.5. The quantitative estimate of drug-likeness (QED) is 0.0222. The summed E-state index contributed by atoms with van der Waals surface area (Å²) in [6.07, 6.45) is 49.9. The molecule has 0 aromatic heterocycles. The molecular weight excluding hydrogens is 1220 g/mol. The van der Waals surface area contributed by atoms with E-state index in [-0.39, 0.29) is 25.7 Å². The van der Waals surface area contributed by atoms with Gasteiger partial charge < -0.3 is 33.8 Å². The molecule has 17 nitrogen and oxygen atoms in total. The van der Waals surface area contributed by atoms with E-state index < -0.39 is 97.5 Å². The summed E-state index contributed by atoms with van der Waals surface area (Å²) in [6, 6.07) is 0. The molecule has 3 N–H and O–H groups in total. The molecule has 3 unspecified atom stereocenters. The van der Waals surface area contributed by atoms with Crippen molar-refractivity contribution >= 4 is 39.5 Å². The first-order valence-electron chi connectivity index (χ1n) is 38.4. The average molecular weight is 1370 g/mol. The van der Waals surface area contributed by atoms with Gasteiger partial charge in [-0.2, -0.15) is 0 Å². The maximum atomic E-state index is 13.1. The number of phosphoric ester groups is 2. The number of ether oxygens (including phenoxy) is 4. The van der Waals surface area contributed by atoms with Gasteiger partial charge >= 0.3 is 39.5 Å². The van der Waals surface area contributed by atoms with Gasteiger partial charge in [-0.1, -0.05) is 325 Å². The molecule has 0 aliphatic carbocycles. The van der Waals surface area contributed by atoms with Gasteiger partial charge in [0.25, 0.3) is 0 Å². The highest BCUT2D eigenvalue weighted by Crippen LogP contribution is 2.45. The molecule has 19 heteroatoms. The van der Waals surface area contributed by atoms with E-state index in [9.17, 15) is 43.2 Å². The topological polar surface area (TPSA) is 237 Å². The number of phosphoric acid groups is 2. The summed E-state index contributed by atoms with van der Waals surface area (Å²) in [7, 11) is -9.91. The summed E-state index contributed by atoms with van der Waals surface area (Å²) < 4.78 is 68.4. The Morgan fingerprint density at radius 1 is 0.312 bits per heavy atom. The van der Waals surface area contributed by atoms with Gasteiger partial charge in [-0.3, -0.25) is 37.3 Å². The van der Waals surface area contributed by atoms with Gasteiger partial charge in [-0.05, 0) is 43.4 Å². The van der Waals surface area contributed by atoms with Crippen molar-refractivity contribution in [2.75, 3.05) is 39.6 Å². The lowest BCUT2D eigenvalue weighted by atomic mass is 9.99. The van der Waals surface area contributed by atoms with Crippen molar-refractivity contribution < 1.29 is 80.2 Å². The Bertz CT molecular complexity index is 1820. The number of carbonyl (C=O) groups is 4. The highest BCUT2D eigenvalue weighted by atomic mass is 31.2. The summed E-state index contributed by atoms with van der Waals surface area (Å²) >= 11 is 0. The van der Waals surface area contributed by atoms with Crippen molar-refractivity contribution in [3.63, 3.8) is 0 Å². The van der Waals surface area contributed by atoms with Crippen LogP contribution in [0.3, 0.4) is 0 Å². The molecule has 6 atom stereocenters. The molecule has 0 aliphatic rings. The van der Waals surface area contributed by atoms with Crippen LogP contribution in [0.25, 0.3) is 0 Å². The Morgan fingerprint density at radius 2 is 0.548 bits per heavy atom. The number of unbranched alkanes of at least 4 members (excludes halogenated alkanes) is 39. The van der Waals surface area contributed by atoms with E-state index in [4.69, 9.17) is 37.0 Å². The van der Waals surface area contributed by atoms with Gasteiger partial charge in [-0.15, -0.1) is 0 Å². The molecule has 0 radical (unpaired) electrons. The predicted molar refractivity (Wildman–Crippen MR) is 377 cm³/mol. The van der Waals surface area contributed by atoms with Crippen molar-refractivity contribution in [1.82, 2.24) is 0 Å². The number of esters is 4. The molecule has 0 saturated heterocycles. The van der Waals surface area contributed by atoms with Crippen LogP contribution in [-0.2, 0) is 65.4 Å². The van der Waals surface area contributed by atoms with Gasteiger partial charge in [0, 0.05) is 25.7 Å². The second-order valence-corrected chi connectivity index (χ2v) is 30.8. The molecule has 0 fully saturated rings. The standard InChI is InChI=1S/C74H144O17P2/c1-8-10-11-12-13-14-27-34-41-48-55-71(76)84-62-70(91-74(79)58-51-44-37-30-32-39-46-53-66(5)6)64-89-93(82,83)87-60-68(75)59-86-92(80,81)88-63-69(61-85-72(77)56-49-42-35-28-23-20-19-21-25-31-38-45-52-65(3)4)90-73(78)57-50-43-36-29-24-18-16-15-17-22-26-33-40-47-54-67(7)9-2/h65-70,75H,8-64H2,1-7H3,(H,80,81)(H,82,83)/t67?,68-,69-,70-/m1/s1. The summed E-state index contributed by atoms with van der Waals surface area (Å²) in [5, 5.41) is 10.6. The fourth-order valence-corrected chi connectivity index (χ4v) is 12.8. The number of aliphatic hydroxyl groups excluding tert-OH is 1.